The van der Waals surface area contributed by atoms with Crippen LogP contribution < -0.4 is 0 Å². The van der Waals surface area contributed by atoms with Gasteiger partial charge in [-0.1, -0.05) is 19.3 Å². The highest BCUT2D eigenvalue weighted by Gasteiger charge is 2.22. The number of carbonyl (C=O) groups excluding carboxylic acids is 1. The van der Waals surface area contributed by atoms with Gasteiger partial charge in [0.25, 0.3) is 0 Å². The zero-order valence-corrected chi connectivity index (χ0v) is 10.5. The third-order valence-electron chi connectivity index (χ3n) is 4.06. The summed E-state index contributed by atoms with van der Waals surface area (Å²) in [6.45, 7) is 6.97. The van der Waals surface area contributed by atoms with Crippen LogP contribution in [0.2, 0.25) is 0 Å². The fourth-order valence-corrected chi connectivity index (χ4v) is 2.98. The Morgan fingerprint density at radius 3 is 2.25 bits per heavy atom. The lowest BCUT2D eigenvalue weighted by Gasteiger charge is -2.36. The molecule has 0 aromatic rings. The van der Waals surface area contributed by atoms with Crippen molar-refractivity contribution < 1.29 is 4.79 Å². The Balaban J connectivity index is 1.70. The van der Waals surface area contributed by atoms with Crippen molar-refractivity contribution in [2.75, 3.05) is 32.7 Å². The summed E-state index contributed by atoms with van der Waals surface area (Å²) in [6, 6.07) is 0. The molecule has 0 radical (unpaired) electrons. The number of nitrogens with zero attached hydrogens (tertiary/aromatic N) is 2. The Hall–Kier alpha value is -0.570. The van der Waals surface area contributed by atoms with Crippen LogP contribution in [0.25, 0.3) is 0 Å². The Morgan fingerprint density at radius 1 is 1.06 bits per heavy atom. The fraction of sp³-hybridized carbons (Fsp3) is 0.923. The average Bonchev–Trinajstić information content (AvgIpc) is 2.31. The van der Waals surface area contributed by atoms with Gasteiger partial charge >= 0.3 is 0 Å². The van der Waals surface area contributed by atoms with Crippen LogP contribution in [-0.2, 0) is 4.79 Å². The zero-order chi connectivity index (χ0) is 11.4. The van der Waals surface area contributed by atoms with Gasteiger partial charge in [-0.2, -0.15) is 0 Å². The quantitative estimate of drug-likeness (QED) is 0.713. The monoisotopic (exact) mass is 224 g/mol. The van der Waals surface area contributed by atoms with E-state index in [2.05, 4.69) is 4.90 Å². The molecule has 0 bridgehead atoms. The van der Waals surface area contributed by atoms with Gasteiger partial charge in [-0.15, -0.1) is 0 Å². The van der Waals surface area contributed by atoms with Crippen molar-refractivity contribution in [2.45, 2.75) is 39.0 Å². The summed E-state index contributed by atoms with van der Waals surface area (Å²) in [7, 11) is 0. The van der Waals surface area contributed by atoms with Gasteiger partial charge in [0, 0.05) is 39.6 Å². The molecule has 1 saturated heterocycles. The first-order chi connectivity index (χ1) is 7.75. The number of carbonyl (C=O) groups is 1. The number of hydrogen-bond acceptors (Lipinski definition) is 2. The van der Waals surface area contributed by atoms with Crippen molar-refractivity contribution in [3.05, 3.63) is 0 Å². The molecule has 16 heavy (non-hydrogen) atoms. The molecule has 2 rings (SSSR count). The molecule has 1 saturated carbocycles. The van der Waals surface area contributed by atoms with E-state index in [9.17, 15) is 4.79 Å². The summed E-state index contributed by atoms with van der Waals surface area (Å²) in [6.07, 6.45) is 7.14. The Labute approximate surface area is 98.8 Å². The fourth-order valence-electron chi connectivity index (χ4n) is 2.98. The maximum Gasteiger partial charge on any atom is 0.219 e. The smallest absolute Gasteiger partial charge is 0.219 e. The van der Waals surface area contributed by atoms with Crippen molar-refractivity contribution in [2.24, 2.45) is 5.92 Å². The SMILES string of the molecule is CC(=O)N1CCN(CC2CCCCC2)CC1. The second-order valence-electron chi connectivity index (χ2n) is 5.31. The van der Waals surface area contributed by atoms with Crippen molar-refractivity contribution >= 4 is 5.91 Å². The molecule has 0 aromatic carbocycles. The molecule has 1 heterocycles. The van der Waals surface area contributed by atoms with Crippen LogP contribution in [0.4, 0.5) is 0 Å². The molecule has 0 N–H and O–H groups in total. The first kappa shape index (κ1) is 11.9. The lowest BCUT2D eigenvalue weighted by atomic mass is 9.89. The van der Waals surface area contributed by atoms with Crippen molar-refractivity contribution in [1.82, 2.24) is 9.80 Å². The van der Waals surface area contributed by atoms with E-state index in [0.717, 1.165) is 32.1 Å². The molecular weight excluding hydrogens is 200 g/mol. The van der Waals surface area contributed by atoms with Gasteiger partial charge in [-0.25, -0.2) is 0 Å². The lowest BCUT2D eigenvalue weighted by molar-refractivity contribution is -0.130. The second kappa shape index (κ2) is 5.67. The van der Waals surface area contributed by atoms with Crippen LogP contribution in [0.15, 0.2) is 0 Å². The van der Waals surface area contributed by atoms with Crippen LogP contribution in [0, 0.1) is 5.92 Å². The van der Waals surface area contributed by atoms with E-state index in [0.29, 0.717) is 0 Å². The molecule has 0 aromatic heterocycles. The minimum Gasteiger partial charge on any atom is -0.340 e. The topological polar surface area (TPSA) is 23.6 Å². The van der Waals surface area contributed by atoms with Gasteiger partial charge in [0.1, 0.15) is 0 Å². The first-order valence-corrected chi connectivity index (χ1v) is 6.73. The third-order valence-corrected chi connectivity index (χ3v) is 4.06. The van der Waals surface area contributed by atoms with Gasteiger partial charge in [-0.05, 0) is 18.8 Å². The molecule has 0 spiro atoms. The average molecular weight is 224 g/mol. The minimum atomic E-state index is 0.234. The van der Waals surface area contributed by atoms with Gasteiger partial charge in [0.05, 0.1) is 0 Å². The molecule has 2 aliphatic rings. The van der Waals surface area contributed by atoms with E-state index in [1.54, 1.807) is 6.92 Å². The standard InChI is InChI=1S/C13H24N2O/c1-12(16)15-9-7-14(8-10-15)11-13-5-3-2-4-6-13/h13H,2-11H2,1H3. The summed E-state index contributed by atoms with van der Waals surface area (Å²) < 4.78 is 0. The van der Waals surface area contributed by atoms with Gasteiger partial charge in [-0.3, -0.25) is 9.69 Å². The maximum absolute atomic E-state index is 11.2. The van der Waals surface area contributed by atoms with E-state index in [4.69, 9.17) is 0 Å². The third kappa shape index (κ3) is 3.21. The number of piperazine rings is 1. The highest BCUT2D eigenvalue weighted by molar-refractivity contribution is 5.73. The van der Waals surface area contributed by atoms with Crippen LogP contribution in [0.1, 0.15) is 39.0 Å². The summed E-state index contributed by atoms with van der Waals surface area (Å²) in [5.74, 6) is 1.16. The Kier molecular flexibility index (Phi) is 4.22. The van der Waals surface area contributed by atoms with E-state index < -0.39 is 0 Å². The Morgan fingerprint density at radius 2 is 1.69 bits per heavy atom. The van der Waals surface area contributed by atoms with Crippen molar-refractivity contribution in [3.8, 4) is 0 Å². The predicted molar refractivity (Wildman–Crippen MR) is 65.3 cm³/mol. The number of hydrogen-bond donors (Lipinski definition) is 0. The molecule has 1 aliphatic heterocycles. The molecule has 1 amide bonds. The summed E-state index contributed by atoms with van der Waals surface area (Å²) >= 11 is 0. The van der Waals surface area contributed by atoms with E-state index in [1.807, 2.05) is 4.90 Å². The highest BCUT2D eigenvalue weighted by atomic mass is 16.2. The number of rotatable bonds is 2. The van der Waals surface area contributed by atoms with Crippen molar-refractivity contribution in [1.29, 1.82) is 0 Å². The second-order valence-corrected chi connectivity index (χ2v) is 5.31. The first-order valence-electron chi connectivity index (χ1n) is 6.73. The zero-order valence-electron chi connectivity index (χ0n) is 10.5. The molecule has 0 unspecified atom stereocenters. The predicted octanol–water partition coefficient (Wildman–Crippen LogP) is 1.73. The molecule has 1 aliphatic carbocycles. The molecule has 92 valence electrons. The normalized spacial score (nSPS) is 24.7. The van der Waals surface area contributed by atoms with Crippen LogP contribution in [0.3, 0.4) is 0 Å². The Bertz CT molecular complexity index is 228. The van der Waals surface area contributed by atoms with Gasteiger partial charge in [0.2, 0.25) is 5.91 Å². The molecule has 0 atom stereocenters. The maximum atomic E-state index is 11.2. The van der Waals surface area contributed by atoms with Crippen LogP contribution in [0.5, 0.6) is 0 Å². The van der Waals surface area contributed by atoms with E-state index in [1.165, 1.54) is 38.6 Å². The molecule has 3 nitrogen and oxygen atoms in total. The minimum absolute atomic E-state index is 0.234. The summed E-state index contributed by atoms with van der Waals surface area (Å²) in [5, 5.41) is 0. The molecule has 2 fully saturated rings. The van der Waals surface area contributed by atoms with Gasteiger partial charge in [0.15, 0.2) is 0 Å². The van der Waals surface area contributed by atoms with Crippen LogP contribution in [-0.4, -0.2) is 48.4 Å². The highest BCUT2D eigenvalue weighted by Crippen LogP contribution is 2.24. The summed E-state index contributed by atoms with van der Waals surface area (Å²) in [4.78, 5) is 15.7. The van der Waals surface area contributed by atoms with E-state index in [-0.39, 0.29) is 5.91 Å². The number of amides is 1. The summed E-state index contributed by atoms with van der Waals surface area (Å²) in [5.41, 5.74) is 0. The molecular formula is C13H24N2O. The van der Waals surface area contributed by atoms with E-state index >= 15 is 0 Å². The van der Waals surface area contributed by atoms with Gasteiger partial charge < -0.3 is 4.90 Å². The molecule has 3 heteroatoms. The van der Waals surface area contributed by atoms with Crippen molar-refractivity contribution in [3.63, 3.8) is 0 Å². The lowest BCUT2D eigenvalue weighted by Crippen LogP contribution is -2.49. The van der Waals surface area contributed by atoms with Crippen LogP contribution >= 0.6 is 0 Å². The largest absolute Gasteiger partial charge is 0.340 e.